The summed E-state index contributed by atoms with van der Waals surface area (Å²) in [7, 11) is 1.90. The van der Waals surface area contributed by atoms with E-state index < -0.39 is 0 Å². The smallest absolute Gasteiger partial charge is 0.0599 e. The number of hydrogen-bond donors (Lipinski definition) is 1. The third-order valence-corrected chi connectivity index (χ3v) is 0.856. The molecule has 0 aromatic carbocycles. The van der Waals surface area contributed by atoms with Crippen molar-refractivity contribution in [2.75, 3.05) is 7.05 Å². The van der Waals surface area contributed by atoms with Gasteiger partial charge in [-0.05, 0) is 14.0 Å². The minimum absolute atomic E-state index is 0.447. The predicted molar refractivity (Wildman–Crippen MR) is 27.4 cm³/mol. The lowest BCUT2D eigenvalue weighted by atomic mass is 10.8. The quantitative estimate of drug-likeness (QED) is 0.420. The molecule has 0 aliphatic heterocycles. The summed E-state index contributed by atoms with van der Waals surface area (Å²) in [5.74, 6) is 0. The molecule has 0 saturated carbocycles. The number of halogens is 1. The average molecular weight is 138 g/mol. The highest BCUT2D eigenvalue weighted by Crippen LogP contribution is 1.86. The van der Waals surface area contributed by atoms with Gasteiger partial charge in [0.2, 0.25) is 0 Å². The highest BCUT2D eigenvalue weighted by atomic mass is 79.9. The topological polar surface area (TPSA) is 12.0 Å². The normalized spacial score (nSPS) is 15.0. The molecule has 1 N–H and O–H groups in total. The molecule has 1 atom stereocenters. The number of nitrogens with one attached hydrogen (secondary N) is 1. The number of rotatable bonds is 1. The van der Waals surface area contributed by atoms with Crippen LogP contribution >= 0.6 is 15.9 Å². The fourth-order valence-corrected chi connectivity index (χ4v) is 0. The maximum absolute atomic E-state index is 3.26. The first-order valence-electron chi connectivity index (χ1n) is 1.58. The highest BCUT2D eigenvalue weighted by Gasteiger charge is 1.79. The molecule has 32 valence electrons. The van der Waals surface area contributed by atoms with E-state index in [4.69, 9.17) is 0 Å². The Morgan fingerprint density at radius 3 is 2.00 bits per heavy atom. The summed E-state index contributed by atoms with van der Waals surface area (Å²) >= 11 is 3.26. The van der Waals surface area contributed by atoms with Gasteiger partial charge in [0, 0.05) is 0 Å². The largest absolute Gasteiger partial charge is 0.308 e. The van der Waals surface area contributed by atoms with E-state index in [0.29, 0.717) is 4.95 Å². The van der Waals surface area contributed by atoms with Crippen LogP contribution in [0.15, 0.2) is 0 Å². The fraction of sp³-hybridized carbons (Fsp3) is 1.00. The maximum Gasteiger partial charge on any atom is 0.0599 e. The molecule has 1 nitrogen and oxygen atoms in total. The summed E-state index contributed by atoms with van der Waals surface area (Å²) in [4.78, 5) is 0.447. The Morgan fingerprint density at radius 2 is 2.00 bits per heavy atom. The van der Waals surface area contributed by atoms with Crippen LogP contribution in [0.4, 0.5) is 0 Å². The van der Waals surface area contributed by atoms with Crippen LogP contribution in [0.1, 0.15) is 6.92 Å². The minimum Gasteiger partial charge on any atom is -0.308 e. The molecule has 0 saturated heterocycles. The Labute approximate surface area is 40.9 Å². The molecule has 0 heterocycles. The van der Waals surface area contributed by atoms with E-state index in [1.54, 1.807) is 0 Å². The van der Waals surface area contributed by atoms with Crippen LogP contribution < -0.4 is 5.32 Å². The van der Waals surface area contributed by atoms with Crippen molar-refractivity contribution >= 4 is 15.9 Å². The molecule has 0 spiro atoms. The molecular formula is C3H8BrN. The summed E-state index contributed by atoms with van der Waals surface area (Å²) in [6, 6.07) is 0. The molecule has 0 bridgehead atoms. The summed E-state index contributed by atoms with van der Waals surface area (Å²) in [6.45, 7) is 2.03. The number of hydrogen-bond acceptors (Lipinski definition) is 1. The third-order valence-electron chi connectivity index (χ3n) is 0.398. The monoisotopic (exact) mass is 137 g/mol. The molecule has 0 rings (SSSR count). The van der Waals surface area contributed by atoms with Crippen molar-refractivity contribution in [2.45, 2.75) is 11.9 Å². The van der Waals surface area contributed by atoms with Crippen molar-refractivity contribution in [3.8, 4) is 0 Å². The van der Waals surface area contributed by atoms with Crippen molar-refractivity contribution in [3.63, 3.8) is 0 Å². The van der Waals surface area contributed by atoms with Crippen LogP contribution in [0.25, 0.3) is 0 Å². The van der Waals surface area contributed by atoms with E-state index in [2.05, 4.69) is 21.2 Å². The lowest BCUT2D eigenvalue weighted by molar-refractivity contribution is 0.820. The molecule has 0 aromatic rings. The first-order chi connectivity index (χ1) is 2.27. The zero-order valence-electron chi connectivity index (χ0n) is 3.46. The average Bonchev–Trinajstić information content (AvgIpc) is 1.38. The van der Waals surface area contributed by atoms with Gasteiger partial charge in [0.05, 0.1) is 4.95 Å². The van der Waals surface area contributed by atoms with E-state index in [1.807, 2.05) is 14.0 Å². The van der Waals surface area contributed by atoms with E-state index in [1.165, 1.54) is 0 Å². The van der Waals surface area contributed by atoms with E-state index in [-0.39, 0.29) is 0 Å². The fourth-order valence-electron chi connectivity index (χ4n) is 0. The summed E-state index contributed by atoms with van der Waals surface area (Å²) < 4.78 is 0. The zero-order valence-corrected chi connectivity index (χ0v) is 5.04. The lowest BCUT2D eigenvalue weighted by Gasteiger charge is -1.92. The molecule has 5 heavy (non-hydrogen) atoms. The third kappa shape index (κ3) is 4.44. The second-order valence-electron chi connectivity index (χ2n) is 0.905. The van der Waals surface area contributed by atoms with Crippen molar-refractivity contribution in [2.24, 2.45) is 0 Å². The molecule has 0 aliphatic rings. The first-order valence-corrected chi connectivity index (χ1v) is 2.50. The van der Waals surface area contributed by atoms with Gasteiger partial charge in [-0.3, -0.25) is 0 Å². The van der Waals surface area contributed by atoms with Gasteiger partial charge >= 0.3 is 0 Å². The molecule has 0 radical (unpaired) electrons. The predicted octanol–water partition coefficient (Wildman–Crippen LogP) is 0.947. The molecule has 1 unspecified atom stereocenters. The van der Waals surface area contributed by atoms with Gasteiger partial charge in [0.1, 0.15) is 0 Å². The van der Waals surface area contributed by atoms with Crippen molar-refractivity contribution in [1.29, 1.82) is 0 Å². The highest BCUT2D eigenvalue weighted by molar-refractivity contribution is 9.09. The van der Waals surface area contributed by atoms with Crippen LogP contribution in [-0.2, 0) is 0 Å². The van der Waals surface area contributed by atoms with Crippen molar-refractivity contribution < 1.29 is 0 Å². The lowest BCUT2D eigenvalue weighted by Crippen LogP contribution is -2.12. The second-order valence-corrected chi connectivity index (χ2v) is 2.28. The van der Waals surface area contributed by atoms with Crippen LogP contribution in [0.3, 0.4) is 0 Å². The molecule has 0 amide bonds. The molecule has 2 heteroatoms. The van der Waals surface area contributed by atoms with E-state index in [9.17, 15) is 0 Å². The molecule has 0 fully saturated rings. The maximum atomic E-state index is 3.26. The minimum atomic E-state index is 0.447. The van der Waals surface area contributed by atoms with Gasteiger partial charge in [-0.1, -0.05) is 15.9 Å². The van der Waals surface area contributed by atoms with E-state index in [0.717, 1.165) is 0 Å². The summed E-state index contributed by atoms with van der Waals surface area (Å²) in [6.07, 6.45) is 0. The Morgan fingerprint density at radius 1 is 1.80 bits per heavy atom. The summed E-state index contributed by atoms with van der Waals surface area (Å²) in [5, 5.41) is 2.94. The van der Waals surface area contributed by atoms with E-state index >= 15 is 0 Å². The van der Waals surface area contributed by atoms with Crippen LogP contribution in [0.5, 0.6) is 0 Å². The molecule has 0 aliphatic carbocycles. The molecule has 0 aromatic heterocycles. The SMILES string of the molecule is CNC(C)Br. The van der Waals surface area contributed by atoms with Crippen LogP contribution in [0.2, 0.25) is 0 Å². The van der Waals surface area contributed by atoms with Gasteiger partial charge in [0.15, 0.2) is 0 Å². The second kappa shape index (κ2) is 2.67. The van der Waals surface area contributed by atoms with Crippen molar-refractivity contribution in [3.05, 3.63) is 0 Å². The van der Waals surface area contributed by atoms with Gasteiger partial charge in [-0.15, -0.1) is 0 Å². The van der Waals surface area contributed by atoms with Gasteiger partial charge in [-0.2, -0.15) is 0 Å². The Bertz CT molecular complexity index is 20.9. The van der Waals surface area contributed by atoms with Gasteiger partial charge < -0.3 is 5.32 Å². The standard InChI is InChI=1S/C3H8BrN/c1-3(4)5-2/h3,5H,1-2H3. The van der Waals surface area contributed by atoms with Gasteiger partial charge in [-0.25, -0.2) is 0 Å². The van der Waals surface area contributed by atoms with Gasteiger partial charge in [0.25, 0.3) is 0 Å². The Balaban J connectivity index is 2.54. The molecular weight excluding hydrogens is 130 g/mol. The Hall–Kier alpha value is 0.440. The number of alkyl halides is 1. The van der Waals surface area contributed by atoms with Crippen LogP contribution in [-0.4, -0.2) is 12.0 Å². The van der Waals surface area contributed by atoms with Crippen molar-refractivity contribution in [1.82, 2.24) is 5.32 Å². The zero-order chi connectivity index (χ0) is 4.28. The summed E-state index contributed by atoms with van der Waals surface area (Å²) in [5.41, 5.74) is 0. The van der Waals surface area contributed by atoms with Crippen LogP contribution in [0, 0.1) is 0 Å². The Kier molecular flexibility index (Phi) is 2.90. The first kappa shape index (κ1) is 5.44.